The average Bonchev–Trinajstić information content (AvgIpc) is 3.27. The predicted molar refractivity (Wildman–Crippen MR) is 153 cm³/mol. The standard InChI is InChI=1S/C30H35F4N5O2/c1-19(2)38-13-10-20(11-14-38)37-25-8-5-9-27-23(25)15-21(39(27)18-30(32,33)34)7-6-12-36-26-17-24(31)22(29(40)35-3)16-28(26)41-4/h5,8-9,15-17,19-20,36-37H,10-14,18H2,1-4H3,(H,35,40). The van der Waals surface area contributed by atoms with Crippen LogP contribution in [-0.4, -0.2) is 67.4 Å². The van der Waals surface area contributed by atoms with Gasteiger partial charge >= 0.3 is 6.18 Å². The van der Waals surface area contributed by atoms with E-state index in [2.05, 4.69) is 46.5 Å². The van der Waals surface area contributed by atoms with Gasteiger partial charge in [-0.1, -0.05) is 12.0 Å². The molecule has 4 rings (SSSR count). The van der Waals surface area contributed by atoms with Gasteiger partial charge in [0.15, 0.2) is 0 Å². The van der Waals surface area contributed by atoms with Crippen molar-refractivity contribution in [3.63, 3.8) is 0 Å². The summed E-state index contributed by atoms with van der Waals surface area (Å²) in [5.74, 6) is 4.58. The van der Waals surface area contributed by atoms with Crippen LogP contribution in [0.1, 0.15) is 42.7 Å². The number of nitrogens with zero attached hydrogens (tertiary/aromatic N) is 2. The van der Waals surface area contributed by atoms with Crippen LogP contribution >= 0.6 is 0 Å². The molecule has 220 valence electrons. The van der Waals surface area contributed by atoms with Gasteiger partial charge in [0.05, 0.1) is 36.1 Å². The van der Waals surface area contributed by atoms with Crippen LogP contribution in [0.5, 0.6) is 5.75 Å². The maximum atomic E-state index is 14.5. The minimum absolute atomic E-state index is 0.00218. The van der Waals surface area contributed by atoms with E-state index in [1.807, 2.05) is 6.07 Å². The molecule has 11 heteroatoms. The fourth-order valence-corrected chi connectivity index (χ4v) is 5.09. The number of methoxy groups -OCH3 is 1. The number of piperidine rings is 1. The topological polar surface area (TPSA) is 70.6 Å². The van der Waals surface area contributed by atoms with Gasteiger partial charge in [-0.15, -0.1) is 0 Å². The van der Waals surface area contributed by atoms with Crippen LogP contribution in [0.15, 0.2) is 36.4 Å². The number of likely N-dealkylation sites (tertiary alicyclic amines) is 1. The van der Waals surface area contributed by atoms with E-state index >= 15 is 0 Å². The maximum absolute atomic E-state index is 14.5. The number of halogens is 4. The number of aromatic nitrogens is 1. The van der Waals surface area contributed by atoms with Crippen LogP contribution in [-0.2, 0) is 6.54 Å². The molecule has 0 aliphatic carbocycles. The molecule has 1 aromatic heterocycles. The smallest absolute Gasteiger partial charge is 0.406 e. The van der Waals surface area contributed by atoms with E-state index in [0.29, 0.717) is 16.9 Å². The van der Waals surface area contributed by atoms with Gasteiger partial charge in [0.25, 0.3) is 5.91 Å². The van der Waals surface area contributed by atoms with Crippen molar-refractivity contribution in [2.45, 2.75) is 51.5 Å². The Kier molecular flexibility index (Phi) is 9.33. The number of hydrogen-bond acceptors (Lipinski definition) is 5. The first kappa shape index (κ1) is 30.1. The molecule has 0 bridgehead atoms. The lowest BCUT2D eigenvalue weighted by atomic mass is 10.0. The molecule has 3 aromatic rings. The van der Waals surface area contributed by atoms with Gasteiger partial charge in [0, 0.05) is 49.4 Å². The number of ether oxygens (including phenoxy) is 1. The molecule has 2 aromatic carbocycles. The second-order valence-corrected chi connectivity index (χ2v) is 10.3. The number of carbonyl (C=O) groups excluding carboxylic acids is 1. The Hall–Kier alpha value is -3.91. The zero-order valence-corrected chi connectivity index (χ0v) is 23.6. The summed E-state index contributed by atoms with van der Waals surface area (Å²) in [4.78, 5) is 14.3. The molecular formula is C30H35F4N5O2. The van der Waals surface area contributed by atoms with Crippen molar-refractivity contribution in [2.75, 3.05) is 44.4 Å². The summed E-state index contributed by atoms with van der Waals surface area (Å²) in [5, 5.41) is 9.51. The van der Waals surface area contributed by atoms with Crippen molar-refractivity contribution in [2.24, 2.45) is 0 Å². The minimum atomic E-state index is -4.44. The van der Waals surface area contributed by atoms with E-state index in [-0.39, 0.29) is 35.3 Å². The first-order valence-electron chi connectivity index (χ1n) is 13.5. The van der Waals surface area contributed by atoms with Gasteiger partial charge in [0.2, 0.25) is 0 Å². The molecule has 3 N–H and O–H groups in total. The van der Waals surface area contributed by atoms with Gasteiger partial charge in [-0.05, 0) is 56.9 Å². The predicted octanol–water partition coefficient (Wildman–Crippen LogP) is 5.46. The lowest BCUT2D eigenvalue weighted by Gasteiger charge is -2.35. The number of nitrogens with one attached hydrogen (secondary N) is 3. The Morgan fingerprint density at radius 1 is 1.15 bits per heavy atom. The van der Waals surface area contributed by atoms with Gasteiger partial charge in [-0.2, -0.15) is 13.2 Å². The van der Waals surface area contributed by atoms with E-state index in [1.165, 1.54) is 24.8 Å². The molecule has 0 saturated carbocycles. The molecular weight excluding hydrogens is 538 g/mol. The highest BCUT2D eigenvalue weighted by Crippen LogP contribution is 2.32. The van der Waals surface area contributed by atoms with Crippen LogP contribution in [0.2, 0.25) is 0 Å². The molecule has 0 spiro atoms. The molecule has 0 unspecified atom stereocenters. The maximum Gasteiger partial charge on any atom is 0.406 e. The van der Waals surface area contributed by atoms with Crippen molar-refractivity contribution in [1.82, 2.24) is 14.8 Å². The third-order valence-corrected chi connectivity index (χ3v) is 7.25. The molecule has 0 atom stereocenters. The van der Waals surface area contributed by atoms with Crippen molar-refractivity contribution in [3.8, 4) is 17.6 Å². The van der Waals surface area contributed by atoms with Gasteiger partial charge in [-0.25, -0.2) is 4.39 Å². The van der Waals surface area contributed by atoms with E-state index in [9.17, 15) is 22.4 Å². The number of amides is 1. The number of alkyl halides is 3. The van der Waals surface area contributed by atoms with Crippen LogP contribution in [0.4, 0.5) is 28.9 Å². The SMILES string of the molecule is CNC(=O)c1cc(OC)c(NCC#Cc2cc3c(NC4CCN(C(C)C)CC4)cccc3n2CC(F)(F)F)cc1F. The number of fused-ring (bicyclic) bond motifs is 1. The molecule has 1 amide bonds. The Morgan fingerprint density at radius 3 is 2.51 bits per heavy atom. The summed E-state index contributed by atoms with van der Waals surface area (Å²) in [6, 6.07) is 10.1. The van der Waals surface area contributed by atoms with Crippen molar-refractivity contribution in [3.05, 3.63) is 53.5 Å². The molecule has 1 fully saturated rings. The second kappa shape index (κ2) is 12.7. The van der Waals surface area contributed by atoms with Crippen molar-refractivity contribution < 1.29 is 27.1 Å². The molecule has 1 aliphatic heterocycles. The third-order valence-electron chi connectivity index (χ3n) is 7.25. The van der Waals surface area contributed by atoms with Crippen molar-refractivity contribution >= 4 is 28.2 Å². The molecule has 41 heavy (non-hydrogen) atoms. The Labute approximate surface area is 237 Å². The van der Waals surface area contributed by atoms with E-state index in [4.69, 9.17) is 4.74 Å². The Bertz CT molecular complexity index is 1450. The first-order chi connectivity index (χ1) is 19.5. The monoisotopic (exact) mass is 573 g/mol. The summed E-state index contributed by atoms with van der Waals surface area (Å²) >= 11 is 0. The summed E-state index contributed by atoms with van der Waals surface area (Å²) in [5.41, 5.74) is 1.53. The number of anilines is 2. The highest BCUT2D eigenvalue weighted by atomic mass is 19.4. The van der Waals surface area contributed by atoms with Crippen LogP contribution in [0.3, 0.4) is 0 Å². The zero-order chi connectivity index (χ0) is 29.7. The molecule has 7 nitrogen and oxygen atoms in total. The fourth-order valence-electron chi connectivity index (χ4n) is 5.09. The molecule has 1 aliphatic rings. The summed E-state index contributed by atoms with van der Waals surface area (Å²) in [6.45, 7) is 5.11. The van der Waals surface area contributed by atoms with Gasteiger partial charge in [-0.3, -0.25) is 4.79 Å². The minimum Gasteiger partial charge on any atom is -0.495 e. The highest BCUT2D eigenvalue weighted by Gasteiger charge is 2.30. The lowest BCUT2D eigenvalue weighted by molar-refractivity contribution is -0.140. The average molecular weight is 574 g/mol. The summed E-state index contributed by atoms with van der Waals surface area (Å²) < 4.78 is 61.6. The Morgan fingerprint density at radius 2 is 1.88 bits per heavy atom. The van der Waals surface area contributed by atoms with Crippen LogP contribution in [0, 0.1) is 17.7 Å². The molecule has 1 saturated heterocycles. The van der Waals surface area contributed by atoms with Gasteiger partial charge < -0.3 is 30.2 Å². The van der Waals surface area contributed by atoms with Crippen LogP contribution < -0.4 is 20.7 Å². The number of rotatable bonds is 8. The highest BCUT2D eigenvalue weighted by molar-refractivity contribution is 5.95. The normalized spacial score (nSPS) is 14.6. The number of carbonyl (C=O) groups is 1. The first-order valence-corrected chi connectivity index (χ1v) is 13.5. The van der Waals surface area contributed by atoms with Gasteiger partial charge in [0.1, 0.15) is 18.1 Å². The van der Waals surface area contributed by atoms with E-state index in [1.54, 1.807) is 18.2 Å². The van der Waals surface area contributed by atoms with Crippen LogP contribution in [0.25, 0.3) is 10.9 Å². The molecule has 0 radical (unpaired) electrons. The second-order valence-electron chi connectivity index (χ2n) is 10.3. The quantitative estimate of drug-likeness (QED) is 0.247. The summed E-state index contributed by atoms with van der Waals surface area (Å²) in [6.07, 6.45) is -2.54. The number of hydrogen-bond donors (Lipinski definition) is 3. The zero-order valence-electron chi connectivity index (χ0n) is 23.6. The molecule has 2 heterocycles. The lowest BCUT2D eigenvalue weighted by Crippen LogP contribution is -2.42. The summed E-state index contributed by atoms with van der Waals surface area (Å²) in [7, 11) is 2.77. The van der Waals surface area contributed by atoms with Crippen molar-refractivity contribution in [1.29, 1.82) is 0 Å². The largest absolute Gasteiger partial charge is 0.495 e. The number of benzene rings is 2. The third kappa shape index (κ3) is 7.24. The van der Waals surface area contributed by atoms with E-state index in [0.717, 1.165) is 37.7 Å². The Balaban J connectivity index is 1.57. The fraction of sp³-hybridized carbons (Fsp3) is 0.433. The van der Waals surface area contributed by atoms with E-state index < -0.39 is 24.4 Å².